The zero-order valence-corrected chi connectivity index (χ0v) is 15.6. The van der Waals surface area contributed by atoms with Crippen LogP contribution in [0.5, 0.6) is 0 Å². The molecule has 3 rings (SSSR count). The van der Waals surface area contributed by atoms with Crippen molar-refractivity contribution in [3.63, 3.8) is 0 Å². The fourth-order valence-electron chi connectivity index (χ4n) is 2.24. The highest BCUT2D eigenvalue weighted by Crippen LogP contribution is 2.27. The molecule has 2 heterocycles. The summed E-state index contributed by atoms with van der Waals surface area (Å²) < 4.78 is 0. The number of pyridine rings is 1. The largest absolute Gasteiger partial charge is 0.397 e. The Morgan fingerprint density at radius 2 is 2.00 bits per heavy atom. The van der Waals surface area contributed by atoms with Gasteiger partial charge in [-0.15, -0.1) is 0 Å². The molecule has 3 aromatic rings. The summed E-state index contributed by atoms with van der Waals surface area (Å²) in [5.41, 5.74) is 8.77. The lowest BCUT2D eigenvalue weighted by molar-refractivity contribution is 0.983. The number of para-hydroxylation sites is 2. The number of nitrogens with zero attached hydrogens (tertiary/aromatic N) is 3. The van der Waals surface area contributed by atoms with Crippen LogP contribution < -0.4 is 16.4 Å². The van der Waals surface area contributed by atoms with E-state index in [1.807, 2.05) is 30.3 Å². The molecule has 0 aliphatic rings. The minimum atomic E-state index is 0.393. The molecule has 0 saturated heterocycles. The molecule has 0 aliphatic carbocycles. The van der Waals surface area contributed by atoms with E-state index in [0.717, 1.165) is 24.2 Å². The van der Waals surface area contributed by atoms with Crippen molar-refractivity contribution in [1.29, 1.82) is 0 Å². The molecule has 7 heteroatoms. The standard InChI is InChI=1S/C20H19ClN6/c1-2-3-4-7-14-12-15(10-11-23-14)25-20-24-13-16(21)19(27-20)26-18-9-6-5-8-17(18)22/h5-6,8-13H,2-3,22H2,1H3,(H2,23,24,25,26,27). The van der Waals surface area contributed by atoms with Crippen molar-refractivity contribution in [3.05, 3.63) is 59.5 Å². The molecule has 2 aromatic heterocycles. The van der Waals surface area contributed by atoms with Crippen molar-refractivity contribution in [2.45, 2.75) is 19.8 Å². The Bertz CT molecular complexity index is 993. The molecule has 0 unspecified atom stereocenters. The van der Waals surface area contributed by atoms with E-state index < -0.39 is 0 Å². The lowest BCUT2D eigenvalue weighted by atomic mass is 10.2. The number of aromatic nitrogens is 3. The Hall–Kier alpha value is -3.30. The molecule has 6 nitrogen and oxygen atoms in total. The molecule has 27 heavy (non-hydrogen) atoms. The summed E-state index contributed by atoms with van der Waals surface area (Å²) in [5.74, 6) is 6.98. The third kappa shape index (κ3) is 5.09. The number of nitrogens with two attached hydrogens (primary N) is 1. The van der Waals surface area contributed by atoms with E-state index in [4.69, 9.17) is 17.3 Å². The molecule has 1 aromatic carbocycles. The molecule has 4 N–H and O–H groups in total. The van der Waals surface area contributed by atoms with E-state index in [1.165, 1.54) is 6.20 Å². The summed E-state index contributed by atoms with van der Waals surface area (Å²) >= 11 is 6.21. The van der Waals surface area contributed by atoms with Gasteiger partial charge in [0.15, 0.2) is 5.82 Å². The van der Waals surface area contributed by atoms with E-state index >= 15 is 0 Å². The van der Waals surface area contributed by atoms with Gasteiger partial charge in [-0.1, -0.05) is 36.6 Å². The van der Waals surface area contributed by atoms with E-state index in [0.29, 0.717) is 28.2 Å². The summed E-state index contributed by atoms with van der Waals surface area (Å²) in [6.45, 7) is 2.09. The first-order valence-corrected chi connectivity index (χ1v) is 8.89. The molecule has 0 saturated carbocycles. The van der Waals surface area contributed by atoms with Gasteiger partial charge in [-0.05, 0) is 36.6 Å². The van der Waals surface area contributed by atoms with Crippen LogP contribution in [0.2, 0.25) is 5.02 Å². The minimum Gasteiger partial charge on any atom is -0.397 e. The first-order chi connectivity index (χ1) is 13.2. The van der Waals surface area contributed by atoms with Crippen LogP contribution in [0.4, 0.5) is 28.8 Å². The fourth-order valence-corrected chi connectivity index (χ4v) is 2.38. The van der Waals surface area contributed by atoms with Gasteiger partial charge in [0.05, 0.1) is 17.6 Å². The number of hydrogen-bond donors (Lipinski definition) is 3. The highest BCUT2D eigenvalue weighted by Gasteiger charge is 2.08. The van der Waals surface area contributed by atoms with Gasteiger partial charge in [-0.2, -0.15) is 4.98 Å². The van der Waals surface area contributed by atoms with Crippen molar-refractivity contribution in [3.8, 4) is 11.8 Å². The predicted octanol–water partition coefficient (Wildman–Crippen LogP) is 4.75. The summed E-state index contributed by atoms with van der Waals surface area (Å²) in [4.78, 5) is 12.9. The molecule has 136 valence electrons. The van der Waals surface area contributed by atoms with Gasteiger partial charge in [-0.25, -0.2) is 9.97 Å². The van der Waals surface area contributed by atoms with E-state index in [9.17, 15) is 0 Å². The molecule has 0 atom stereocenters. The van der Waals surface area contributed by atoms with Gasteiger partial charge in [-0.3, -0.25) is 0 Å². The van der Waals surface area contributed by atoms with Crippen LogP contribution >= 0.6 is 11.6 Å². The van der Waals surface area contributed by atoms with Crippen molar-refractivity contribution in [2.24, 2.45) is 0 Å². The van der Waals surface area contributed by atoms with Crippen LogP contribution in [-0.2, 0) is 0 Å². The molecule has 0 spiro atoms. The van der Waals surface area contributed by atoms with Crippen LogP contribution in [-0.4, -0.2) is 15.0 Å². The monoisotopic (exact) mass is 378 g/mol. The van der Waals surface area contributed by atoms with Gasteiger partial charge in [0.2, 0.25) is 5.95 Å². The fraction of sp³-hybridized carbons (Fsp3) is 0.150. The number of unbranched alkanes of at least 4 members (excludes halogenated alkanes) is 1. The second kappa shape index (κ2) is 8.88. The van der Waals surface area contributed by atoms with Gasteiger partial charge in [0.1, 0.15) is 10.7 Å². The summed E-state index contributed by atoms with van der Waals surface area (Å²) in [6, 6.07) is 11.1. The smallest absolute Gasteiger partial charge is 0.229 e. The van der Waals surface area contributed by atoms with Crippen LogP contribution in [0.3, 0.4) is 0 Å². The normalized spacial score (nSPS) is 10.0. The van der Waals surface area contributed by atoms with E-state index in [2.05, 4.69) is 44.4 Å². The average Bonchev–Trinajstić information content (AvgIpc) is 2.67. The Kier molecular flexibility index (Phi) is 6.08. The summed E-state index contributed by atoms with van der Waals surface area (Å²) in [5, 5.41) is 6.67. The molecule has 0 radical (unpaired) electrons. The molecule has 0 bridgehead atoms. The number of halogens is 1. The van der Waals surface area contributed by atoms with Gasteiger partial charge in [0, 0.05) is 18.3 Å². The van der Waals surface area contributed by atoms with Gasteiger partial charge < -0.3 is 16.4 Å². The zero-order chi connectivity index (χ0) is 19.1. The van der Waals surface area contributed by atoms with Crippen LogP contribution in [0.1, 0.15) is 25.5 Å². The quantitative estimate of drug-likeness (QED) is 0.438. The Balaban J connectivity index is 1.80. The first-order valence-electron chi connectivity index (χ1n) is 8.51. The maximum absolute atomic E-state index is 6.21. The number of anilines is 5. The molecule has 0 aliphatic heterocycles. The van der Waals surface area contributed by atoms with Crippen LogP contribution in [0, 0.1) is 11.8 Å². The number of nitrogen functional groups attached to an aromatic ring is 1. The third-order valence-corrected chi connectivity index (χ3v) is 3.84. The average molecular weight is 379 g/mol. The van der Waals surface area contributed by atoms with Crippen molar-refractivity contribution < 1.29 is 0 Å². The van der Waals surface area contributed by atoms with E-state index in [1.54, 1.807) is 12.3 Å². The minimum absolute atomic E-state index is 0.393. The van der Waals surface area contributed by atoms with Crippen molar-refractivity contribution in [1.82, 2.24) is 15.0 Å². The van der Waals surface area contributed by atoms with Crippen molar-refractivity contribution >= 4 is 40.4 Å². The van der Waals surface area contributed by atoms with Crippen LogP contribution in [0.15, 0.2) is 48.8 Å². The second-order valence-electron chi connectivity index (χ2n) is 5.71. The Morgan fingerprint density at radius 3 is 2.81 bits per heavy atom. The molecule has 0 fully saturated rings. The molecule has 0 amide bonds. The summed E-state index contributed by atoms with van der Waals surface area (Å²) in [7, 11) is 0. The first kappa shape index (κ1) is 18.5. The SMILES string of the molecule is CCCC#Cc1cc(Nc2ncc(Cl)c(Nc3ccccc3N)n2)ccn1. The summed E-state index contributed by atoms with van der Waals surface area (Å²) in [6.07, 6.45) is 5.09. The third-order valence-electron chi connectivity index (χ3n) is 3.57. The molecular formula is C20H19ClN6. The van der Waals surface area contributed by atoms with Crippen LogP contribution in [0.25, 0.3) is 0 Å². The zero-order valence-electron chi connectivity index (χ0n) is 14.8. The lowest BCUT2D eigenvalue weighted by Crippen LogP contribution is -2.03. The van der Waals surface area contributed by atoms with Gasteiger partial charge >= 0.3 is 0 Å². The van der Waals surface area contributed by atoms with Crippen molar-refractivity contribution in [2.75, 3.05) is 16.4 Å². The Labute approximate surface area is 163 Å². The predicted molar refractivity (Wildman–Crippen MR) is 110 cm³/mol. The van der Waals surface area contributed by atoms with E-state index in [-0.39, 0.29) is 0 Å². The number of benzene rings is 1. The number of hydrogen-bond acceptors (Lipinski definition) is 6. The lowest BCUT2D eigenvalue weighted by Gasteiger charge is -2.11. The molecular weight excluding hydrogens is 360 g/mol. The maximum Gasteiger partial charge on any atom is 0.229 e. The highest BCUT2D eigenvalue weighted by molar-refractivity contribution is 6.33. The van der Waals surface area contributed by atoms with Gasteiger partial charge in [0.25, 0.3) is 0 Å². The number of rotatable bonds is 5. The second-order valence-corrected chi connectivity index (χ2v) is 6.12. The maximum atomic E-state index is 6.21. The highest BCUT2D eigenvalue weighted by atomic mass is 35.5. The topological polar surface area (TPSA) is 88.8 Å². The Morgan fingerprint density at radius 1 is 1.15 bits per heavy atom. The number of nitrogens with one attached hydrogen (secondary N) is 2.